The summed E-state index contributed by atoms with van der Waals surface area (Å²) in [4.78, 5) is 23.4. The van der Waals surface area contributed by atoms with E-state index in [9.17, 15) is 9.59 Å². The number of ether oxygens (including phenoxy) is 1. The highest BCUT2D eigenvalue weighted by atomic mass is 16.5. The number of carbonyl (C=O) groups is 2. The van der Waals surface area contributed by atoms with E-state index < -0.39 is 5.97 Å². The zero-order chi connectivity index (χ0) is 16.1. The lowest BCUT2D eigenvalue weighted by molar-refractivity contribution is -0.124. The fraction of sp³-hybridized carbons (Fsp3) is 0.294. The van der Waals surface area contributed by atoms with E-state index in [0.717, 1.165) is 5.56 Å². The molecule has 1 amide bonds. The van der Waals surface area contributed by atoms with E-state index in [2.05, 4.69) is 5.32 Å². The largest absolute Gasteiger partial charge is 0.472 e. The van der Waals surface area contributed by atoms with Crippen LogP contribution in [0.2, 0.25) is 0 Å². The van der Waals surface area contributed by atoms with Crippen LogP contribution in [0.1, 0.15) is 40.0 Å². The summed E-state index contributed by atoms with van der Waals surface area (Å²) in [7, 11) is 0. The van der Waals surface area contributed by atoms with E-state index in [4.69, 9.17) is 9.15 Å². The van der Waals surface area contributed by atoms with Crippen molar-refractivity contribution in [1.29, 1.82) is 0 Å². The van der Waals surface area contributed by atoms with Gasteiger partial charge >= 0.3 is 5.97 Å². The maximum atomic E-state index is 11.8. The molecule has 0 bridgehead atoms. The fourth-order valence-electron chi connectivity index (χ4n) is 2.00. The van der Waals surface area contributed by atoms with Crippen LogP contribution < -0.4 is 5.32 Å². The Bertz CT molecular complexity index is 661. The molecule has 5 nitrogen and oxygen atoms in total. The van der Waals surface area contributed by atoms with Crippen LogP contribution in [-0.4, -0.2) is 18.5 Å². The molecule has 22 heavy (non-hydrogen) atoms. The second-order valence-corrected chi connectivity index (χ2v) is 5.22. The molecule has 1 N–H and O–H groups in total. The standard InChI is InChI=1S/C17H19NO4/c1-11-4-5-14(8-12(11)2)13(3)18-16(19)10-22-17(20)15-6-7-21-9-15/h4-9,13H,10H2,1-3H3,(H,18,19). The van der Waals surface area contributed by atoms with Gasteiger partial charge in [0.25, 0.3) is 5.91 Å². The van der Waals surface area contributed by atoms with Crippen LogP contribution in [0.15, 0.2) is 41.2 Å². The van der Waals surface area contributed by atoms with E-state index in [0.29, 0.717) is 0 Å². The first-order valence-corrected chi connectivity index (χ1v) is 7.03. The van der Waals surface area contributed by atoms with Gasteiger partial charge in [0, 0.05) is 0 Å². The van der Waals surface area contributed by atoms with Crippen molar-refractivity contribution in [1.82, 2.24) is 5.32 Å². The van der Waals surface area contributed by atoms with Gasteiger partial charge in [-0.3, -0.25) is 4.79 Å². The maximum Gasteiger partial charge on any atom is 0.341 e. The van der Waals surface area contributed by atoms with E-state index >= 15 is 0 Å². The molecular formula is C17H19NO4. The fourth-order valence-corrected chi connectivity index (χ4v) is 2.00. The van der Waals surface area contributed by atoms with E-state index in [-0.39, 0.29) is 24.1 Å². The topological polar surface area (TPSA) is 68.5 Å². The van der Waals surface area contributed by atoms with E-state index in [1.165, 1.54) is 29.7 Å². The molecule has 1 heterocycles. The van der Waals surface area contributed by atoms with Crippen molar-refractivity contribution in [3.8, 4) is 0 Å². The van der Waals surface area contributed by atoms with Gasteiger partial charge in [0.2, 0.25) is 0 Å². The third kappa shape index (κ3) is 3.97. The van der Waals surface area contributed by atoms with Crippen LogP contribution in [0.3, 0.4) is 0 Å². The average Bonchev–Trinajstić information content (AvgIpc) is 3.02. The number of rotatable bonds is 5. The lowest BCUT2D eigenvalue weighted by Crippen LogP contribution is -2.31. The minimum atomic E-state index is -0.581. The van der Waals surface area contributed by atoms with Gasteiger partial charge in [-0.05, 0) is 43.5 Å². The van der Waals surface area contributed by atoms with Crippen molar-refractivity contribution in [3.05, 3.63) is 59.0 Å². The average molecular weight is 301 g/mol. The van der Waals surface area contributed by atoms with E-state index in [1.54, 1.807) is 0 Å². The second kappa shape index (κ2) is 6.93. The molecule has 0 aliphatic heterocycles. The number of amides is 1. The van der Waals surface area contributed by atoms with Gasteiger partial charge in [0.15, 0.2) is 6.61 Å². The van der Waals surface area contributed by atoms with Crippen molar-refractivity contribution < 1.29 is 18.7 Å². The molecule has 0 aliphatic rings. The van der Waals surface area contributed by atoms with Crippen LogP contribution in [0.25, 0.3) is 0 Å². The summed E-state index contributed by atoms with van der Waals surface area (Å²) in [5.74, 6) is -0.926. The Morgan fingerprint density at radius 2 is 2.00 bits per heavy atom. The summed E-state index contributed by atoms with van der Waals surface area (Å²) >= 11 is 0. The second-order valence-electron chi connectivity index (χ2n) is 5.22. The SMILES string of the molecule is Cc1ccc(C(C)NC(=O)COC(=O)c2ccoc2)cc1C. The number of carbonyl (C=O) groups excluding carboxylic acids is 2. The zero-order valence-corrected chi connectivity index (χ0v) is 12.9. The van der Waals surface area contributed by atoms with Gasteiger partial charge < -0.3 is 14.5 Å². The molecule has 116 valence electrons. The third-order valence-electron chi connectivity index (χ3n) is 3.50. The highest BCUT2D eigenvalue weighted by Crippen LogP contribution is 2.16. The number of nitrogens with one attached hydrogen (secondary N) is 1. The van der Waals surface area contributed by atoms with Gasteiger partial charge in [-0.2, -0.15) is 0 Å². The number of hydrogen-bond donors (Lipinski definition) is 1. The summed E-state index contributed by atoms with van der Waals surface area (Å²) < 4.78 is 9.70. The van der Waals surface area contributed by atoms with Crippen molar-refractivity contribution in [2.24, 2.45) is 0 Å². The third-order valence-corrected chi connectivity index (χ3v) is 3.50. The molecule has 0 saturated heterocycles. The summed E-state index contributed by atoms with van der Waals surface area (Å²) in [6.45, 7) is 5.64. The first-order chi connectivity index (χ1) is 10.5. The summed E-state index contributed by atoms with van der Waals surface area (Å²) in [6.07, 6.45) is 2.65. The summed E-state index contributed by atoms with van der Waals surface area (Å²) in [6, 6.07) is 7.37. The minimum absolute atomic E-state index is 0.153. The van der Waals surface area contributed by atoms with Crippen molar-refractivity contribution in [2.75, 3.05) is 6.61 Å². The molecule has 2 rings (SSSR count). The number of aryl methyl sites for hydroxylation is 2. The molecule has 0 aliphatic carbocycles. The Labute approximate surface area is 129 Å². The minimum Gasteiger partial charge on any atom is -0.472 e. The lowest BCUT2D eigenvalue weighted by atomic mass is 10.0. The van der Waals surface area contributed by atoms with Crippen LogP contribution in [0, 0.1) is 13.8 Å². The molecule has 0 fully saturated rings. The highest BCUT2D eigenvalue weighted by molar-refractivity contribution is 5.90. The van der Waals surface area contributed by atoms with Crippen molar-refractivity contribution in [2.45, 2.75) is 26.8 Å². The molecule has 0 saturated carbocycles. The molecule has 0 spiro atoms. The molecule has 1 aromatic carbocycles. The van der Waals surface area contributed by atoms with Gasteiger partial charge in [-0.25, -0.2) is 4.79 Å². The maximum absolute atomic E-state index is 11.8. The predicted molar refractivity (Wildman–Crippen MR) is 81.5 cm³/mol. The molecule has 5 heteroatoms. The zero-order valence-electron chi connectivity index (χ0n) is 12.9. The first kappa shape index (κ1) is 15.8. The lowest BCUT2D eigenvalue weighted by Gasteiger charge is -2.15. The van der Waals surface area contributed by atoms with Crippen molar-refractivity contribution in [3.63, 3.8) is 0 Å². The van der Waals surface area contributed by atoms with Crippen LogP contribution in [0.5, 0.6) is 0 Å². The summed E-state index contributed by atoms with van der Waals surface area (Å²) in [5, 5.41) is 2.80. The summed E-state index contributed by atoms with van der Waals surface area (Å²) in [5.41, 5.74) is 3.67. The van der Waals surface area contributed by atoms with Crippen LogP contribution >= 0.6 is 0 Å². The number of benzene rings is 1. The molecule has 1 atom stereocenters. The van der Waals surface area contributed by atoms with E-state index in [1.807, 2.05) is 39.0 Å². The predicted octanol–water partition coefficient (Wildman–Crippen LogP) is 2.93. The van der Waals surface area contributed by atoms with Crippen LogP contribution in [-0.2, 0) is 9.53 Å². The highest BCUT2D eigenvalue weighted by Gasteiger charge is 2.14. The molecular weight excluding hydrogens is 282 g/mol. The molecule has 1 unspecified atom stereocenters. The Morgan fingerprint density at radius 3 is 2.64 bits per heavy atom. The molecule has 2 aromatic rings. The Hall–Kier alpha value is -2.56. The van der Waals surface area contributed by atoms with Crippen molar-refractivity contribution >= 4 is 11.9 Å². The number of esters is 1. The van der Waals surface area contributed by atoms with Crippen LogP contribution in [0.4, 0.5) is 0 Å². The normalized spacial score (nSPS) is 11.8. The quantitative estimate of drug-likeness (QED) is 0.862. The molecule has 0 radical (unpaired) electrons. The smallest absolute Gasteiger partial charge is 0.341 e. The molecule has 1 aromatic heterocycles. The number of furan rings is 1. The first-order valence-electron chi connectivity index (χ1n) is 7.03. The Kier molecular flexibility index (Phi) is 4.99. The van der Waals surface area contributed by atoms with Gasteiger partial charge in [0.1, 0.15) is 6.26 Å². The van der Waals surface area contributed by atoms with Gasteiger partial charge in [0.05, 0.1) is 17.9 Å². The van der Waals surface area contributed by atoms with Gasteiger partial charge in [-0.1, -0.05) is 18.2 Å². The van der Waals surface area contributed by atoms with Gasteiger partial charge in [-0.15, -0.1) is 0 Å². The Balaban J connectivity index is 1.86. The Morgan fingerprint density at radius 1 is 1.23 bits per heavy atom. The number of hydrogen-bond acceptors (Lipinski definition) is 4. The monoisotopic (exact) mass is 301 g/mol.